The van der Waals surface area contributed by atoms with Crippen molar-refractivity contribution in [3.63, 3.8) is 0 Å². The Kier molecular flexibility index (Phi) is 4.34. The smallest absolute Gasteiger partial charge is 0.318 e. The van der Waals surface area contributed by atoms with Gasteiger partial charge in [0, 0.05) is 43.0 Å². The SMILES string of the molecule is O=C(NCCCl)N1CCn2cccc2C1c1ccccc1F. The van der Waals surface area contributed by atoms with Crippen LogP contribution in [0, 0.1) is 5.82 Å². The number of nitrogens with one attached hydrogen (secondary N) is 1. The Bertz CT molecular complexity index is 673. The van der Waals surface area contributed by atoms with E-state index in [0.29, 0.717) is 31.1 Å². The van der Waals surface area contributed by atoms with E-state index in [0.717, 1.165) is 5.69 Å². The molecule has 4 nitrogen and oxygen atoms in total. The maximum Gasteiger partial charge on any atom is 0.318 e. The van der Waals surface area contributed by atoms with Gasteiger partial charge in [0.15, 0.2) is 0 Å². The predicted octanol–water partition coefficient (Wildman–Crippen LogP) is 2.98. The molecule has 1 aromatic heterocycles. The summed E-state index contributed by atoms with van der Waals surface area (Å²) < 4.78 is 16.3. The monoisotopic (exact) mass is 321 g/mol. The van der Waals surface area contributed by atoms with E-state index in [2.05, 4.69) is 9.88 Å². The molecule has 0 saturated heterocycles. The van der Waals surface area contributed by atoms with Gasteiger partial charge in [0.25, 0.3) is 0 Å². The first-order chi connectivity index (χ1) is 10.7. The van der Waals surface area contributed by atoms with E-state index >= 15 is 0 Å². The van der Waals surface area contributed by atoms with Crippen molar-refractivity contribution in [2.75, 3.05) is 19.0 Å². The molecule has 22 heavy (non-hydrogen) atoms. The van der Waals surface area contributed by atoms with Crippen LogP contribution in [0.15, 0.2) is 42.6 Å². The van der Waals surface area contributed by atoms with Crippen LogP contribution in [0.1, 0.15) is 17.3 Å². The molecule has 6 heteroatoms. The molecule has 2 heterocycles. The topological polar surface area (TPSA) is 37.3 Å². The minimum atomic E-state index is -0.430. The van der Waals surface area contributed by atoms with Crippen LogP contribution in [-0.4, -0.2) is 34.5 Å². The summed E-state index contributed by atoms with van der Waals surface area (Å²) in [7, 11) is 0. The third-order valence-electron chi connectivity index (χ3n) is 3.87. The lowest BCUT2D eigenvalue weighted by Crippen LogP contribution is -2.47. The number of fused-ring (bicyclic) bond motifs is 1. The fourth-order valence-electron chi connectivity index (χ4n) is 2.88. The van der Waals surface area contributed by atoms with E-state index in [9.17, 15) is 9.18 Å². The third kappa shape index (κ3) is 2.68. The number of hydrogen-bond donors (Lipinski definition) is 1. The highest BCUT2D eigenvalue weighted by atomic mass is 35.5. The number of nitrogens with zero attached hydrogens (tertiary/aromatic N) is 2. The number of carbonyl (C=O) groups excluding carboxylic acids is 1. The average Bonchev–Trinajstić information content (AvgIpc) is 3.01. The largest absolute Gasteiger partial charge is 0.348 e. The van der Waals surface area contributed by atoms with Crippen molar-refractivity contribution in [2.45, 2.75) is 12.6 Å². The molecular weight excluding hydrogens is 305 g/mol. The van der Waals surface area contributed by atoms with Crippen molar-refractivity contribution in [1.29, 1.82) is 0 Å². The zero-order chi connectivity index (χ0) is 15.5. The zero-order valence-corrected chi connectivity index (χ0v) is 12.8. The van der Waals surface area contributed by atoms with Gasteiger partial charge < -0.3 is 14.8 Å². The van der Waals surface area contributed by atoms with Crippen molar-refractivity contribution in [3.8, 4) is 0 Å². The van der Waals surface area contributed by atoms with E-state index < -0.39 is 6.04 Å². The van der Waals surface area contributed by atoms with E-state index in [-0.39, 0.29) is 11.8 Å². The second-order valence-corrected chi connectivity index (χ2v) is 5.54. The molecule has 0 aliphatic carbocycles. The lowest BCUT2D eigenvalue weighted by Gasteiger charge is -2.37. The van der Waals surface area contributed by atoms with Crippen molar-refractivity contribution in [1.82, 2.24) is 14.8 Å². The first-order valence-corrected chi connectivity index (χ1v) is 7.75. The Morgan fingerprint density at radius 1 is 1.27 bits per heavy atom. The molecule has 2 aromatic rings. The number of urea groups is 1. The summed E-state index contributed by atoms with van der Waals surface area (Å²) in [5.74, 6) is 0.0395. The minimum Gasteiger partial charge on any atom is -0.348 e. The molecular formula is C16H17ClFN3O. The highest BCUT2D eigenvalue weighted by Gasteiger charge is 2.33. The summed E-state index contributed by atoms with van der Waals surface area (Å²) in [6.45, 7) is 1.61. The molecule has 116 valence electrons. The highest BCUT2D eigenvalue weighted by Crippen LogP contribution is 2.33. The lowest BCUT2D eigenvalue weighted by atomic mass is 9.99. The number of carbonyl (C=O) groups is 1. The van der Waals surface area contributed by atoms with Gasteiger partial charge in [-0.05, 0) is 18.2 Å². The van der Waals surface area contributed by atoms with Crippen LogP contribution in [0.2, 0.25) is 0 Å². The van der Waals surface area contributed by atoms with Crippen LogP contribution in [-0.2, 0) is 6.54 Å². The van der Waals surface area contributed by atoms with Gasteiger partial charge >= 0.3 is 6.03 Å². The van der Waals surface area contributed by atoms with Gasteiger partial charge in [0.2, 0.25) is 0 Å². The molecule has 2 amide bonds. The molecule has 0 radical (unpaired) electrons. The first kappa shape index (κ1) is 14.9. The summed E-state index contributed by atoms with van der Waals surface area (Å²) in [6.07, 6.45) is 1.96. The molecule has 1 unspecified atom stereocenters. The summed E-state index contributed by atoms with van der Waals surface area (Å²) >= 11 is 5.63. The van der Waals surface area contributed by atoms with Crippen molar-refractivity contribution < 1.29 is 9.18 Å². The summed E-state index contributed by atoms with van der Waals surface area (Å²) in [5, 5.41) is 2.77. The normalized spacial score (nSPS) is 17.2. The van der Waals surface area contributed by atoms with Gasteiger partial charge in [-0.25, -0.2) is 9.18 Å². The number of hydrogen-bond acceptors (Lipinski definition) is 1. The van der Waals surface area contributed by atoms with E-state index in [4.69, 9.17) is 11.6 Å². The van der Waals surface area contributed by atoms with Crippen molar-refractivity contribution in [2.24, 2.45) is 0 Å². The Morgan fingerprint density at radius 2 is 2.09 bits per heavy atom. The number of rotatable bonds is 3. The highest BCUT2D eigenvalue weighted by molar-refractivity contribution is 6.18. The van der Waals surface area contributed by atoms with Crippen molar-refractivity contribution >= 4 is 17.6 Å². The van der Waals surface area contributed by atoms with Crippen molar-refractivity contribution in [3.05, 3.63) is 59.7 Å². The predicted molar refractivity (Wildman–Crippen MR) is 83.5 cm³/mol. The maximum atomic E-state index is 14.3. The first-order valence-electron chi connectivity index (χ1n) is 7.22. The molecule has 0 fully saturated rings. The van der Waals surface area contributed by atoms with Gasteiger partial charge in [-0.1, -0.05) is 18.2 Å². The zero-order valence-electron chi connectivity index (χ0n) is 12.0. The molecule has 1 N–H and O–H groups in total. The van der Waals surface area contributed by atoms with E-state index in [1.165, 1.54) is 6.07 Å². The molecule has 1 atom stereocenters. The second-order valence-electron chi connectivity index (χ2n) is 5.16. The lowest BCUT2D eigenvalue weighted by molar-refractivity contribution is 0.168. The van der Waals surface area contributed by atoms with Gasteiger partial charge in [-0.3, -0.25) is 0 Å². The Labute approximate surface area is 133 Å². The molecule has 3 rings (SSSR count). The summed E-state index contributed by atoms with van der Waals surface area (Å²) in [5.41, 5.74) is 1.42. The molecule has 0 spiro atoms. The van der Waals surface area contributed by atoms with Gasteiger partial charge in [0.05, 0.1) is 0 Å². The Balaban J connectivity index is 2.00. The van der Waals surface area contributed by atoms with Crippen LogP contribution in [0.5, 0.6) is 0 Å². The number of benzene rings is 1. The fraction of sp³-hybridized carbons (Fsp3) is 0.312. The van der Waals surface area contributed by atoms with E-state index in [1.54, 1.807) is 23.1 Å². The second kappa shape index (κ2) is 6.40. The van der Waals surface area contributed by atoms with Gasteiger partial charge in [0.1, 0.15) is 11.9 Å². The third-order valence-corrected chi connectivity index (χ3v) is 4.06. The number of amides is 2. The quantitative estimate of drug-likeness (QED) is 0.867. The minimum absolute atomic E-state index is 0.221. The van der Waals surface area contributed by atoms with E-state index in [1.807, 2.05) is 18.3 Å². The Hall–Kier alpha value is -2.01. The molecule has 0 saturated carbocycles. The van der Waals surface area contributed by atoms with Gasteiger partial charge in [-0.2, -0.15) is 0 Å². The molecule has 1 aliphatic heterocycles. The maximum absolute atomic E-state index is 14.3. The average molecular weight is 322 g/mol. The number of alkyl halides is 1. The van der Waals surface area contributed by atoms with Crippen LogP contribution >= 0.6 is 11.6 Å². The number of aromatic nitrogens is 1. The summed E-state index contributed by atoms with van der Waals surface area (Å²) in [4.78, 5) is 14.1. The Morgan fingerprint density at radius 3 is 2.86 bits per heavy atom. The summed E-state index contributed by atoms with van der Waals surface area (Å²) in [6, 6.07) is 9.78. The van der Waals surface area contributed by atoms with Crippen LogP contribution in [0.4, 0.5) is 9.18 Å². The van der Waals surface area contributed by atoms with Crippen LogP contribution < -0.4 is 5.32 Å². The molecule has 0 bridgehead atoms. The molecule has 1 aromatic carbocycles. The number of halogens is 2. The fourth-order valence-corrected chi connectivity index (χ4v) is 2.98. The van der Waals surface area contributed by atoms with Crippen LogP contribution in [0.25, 0.3) is 0 Å². The van der Waals surface area contributed by atoms with Crippen LogP contribution in [0.3, 0.4) is 0 Å². The van der Waals surface area contributed by atoms with Gasteiger partial charge in [-0.15, -0.1) is 11.6 Å². The standard InChI is InChI=1S/C16H17ClFN3O/c17-7-8-19-16(22)21-11-10-20-9-3-6-14(20)15(21)12-4-1-2-5-13(12)18/h1-6,9,15H,7-8,10-11H2,(H,19,22). The molecule has 1 aliphatic rings.